The van der Waals surface area contributed by atoms with E-state index in [9.17, 15) is 0 Å². The molecule has 1 atom stereocenters. The fraction of sp³-hybridized carbons (Fsp3) is 0.0339. The number of hydrogen-bond donors (Lipinski definition) is 0. The summed E-state index contributed by atoms with van der Waals surface area (Å²) in [6.45, 7) is 0. The van der Waals surface area contributed by atoms with Gasteiger partial charge in [0, 0.05) is 45.8 Å². The van der Waals surface area contributed by atoms with Crippen molar-refractivity contribution >= 4 is 61.5 Å². The Hall–Kier alpha value is -8.41. The summed E-state index contributed by atoms with van der Waals surface area (Å²) in [6, 6.07) is 78.9. The van der Waals surface area contributed by atoms with Gasteiger partial charge < -0.3 is 18.6 Å². The van der Waals surface area contributed by atoms with Gasteiger partial charge in [0.15, 0.2) is 5.76 Å². The first kappa shape index (κ1) is 37.4. The van der Waals surface area contributed by atoms with E-state index in [0.29, 0.717) is 0 Å². The number of aliphatic imine (C=N–C) groups is 1. The minimum atomic E-state index is -0.196. The number of hydrogen-bond acceptors (Lipinski definition) is 5. The van der Waals surface area contributed by atoms with E-state index in [0.717, 1.165) is 78.4 Å². The molecule has 0 aliphatic carbocycles. The van der Waals surface area contributed by atoms with Crippen LogP contribution in [0, 0.1) is 0 Å². The second-order valence-corrected chi connectivity index (χ2v) is 16.4. The number of benzene rings is 9. The fourth-order valence-electron chi connectivity index (χ4n) is 9.32. The highest BCUT2D eigenvalue weighted by molar-refractivity contribution is 6.12. The van der Waals surface area contributed by atoms with E-state index < -0.39 is 0 Å². The van der Waals surface area contributed by atoms with Crippen molar-refractivity contribution in [3.8, 4) is 33.4 Å². The Kier molecular flexibility index (Phi) is 9.04. The van der Waals surface area contributed by atoms with Crippen molar-refractivity contribution < 1.29 is 8.83 Å². The summed E-state index contributed by atoms with van der Waals surface area (Å²) in [5, 5.41) is 3.06. The first-order valence-corrected chi connectivity index (χ1v) is 21.7. The molecule has 0 N–H and O–H groups in total. The molecule has 1 aliphatic rings. The van der Waals surface area contributed by atoms with Crippen LogP contribution in [-0.4, -0.2) is 17.8 Å². The fourth-order valence-corrected chi connectivity index (χ4v) is 9.32. The summed E-state index contributed by atoms with van der Waals surface area (Å²) < 4.78 is 13.2. The Morgan fingerprint density at radius 2 is 0.828 bits per heavy atom. The first-order valence-electron chi connectivity index (χ1n) is 21.7. The number of rotatable bonds is 8. The maximum Gasteiger partial charge on any atom is 0.158 e. The van der Waals surface area contributed by atoms with Gasteiger partial charge in [-0.2, -0.15) is 0 Å². The van der Waals surface area contributed by atoms with Crippen molar-refractivity contribution in [3.63, 3.8) is 0 Å². The molecule has 0 fully saturated rings. The van der Waals surface area contributed by atoms with E-state index >= 15 is 0 Å². The van der Waals surface area contributed by atoms with E-state index in [1.54, 1.807) is 0 Å². The third kappa shape index (κ3) is 6.54. The zero-order valence-electron chi connectivity index (χ0n) is 35.1. The van der Waals surface area contributed by atoms with E-state index in [2.05, 4.69) is 223 Å². The molecule has 0 bridgehead atoms. The monoisotopic (exact) mass is 823 g/mol. The molecular formula is C59H41N3O2. The SMILES string of the molecule is CN1C(c2ccc3oc4ccc(N(c5ccc(-c6ccccc6)cc5)c5ccc(-c6ccccc6)cc5)cc4c3c2)=Nc2c(oc3ccccc23)C1c1ccc(-c2ccccc2)cc1. The molecule has 304 valence electrons. The minimum Gasteiger partial charge on any atom is -0.456 e. The Morgan fingerprint density at radius 1 is 0.391 bits per heavy atom. The van der Waals surface area contributed by atoms with Crippen molar-refractivity contribution in [3.05, 3.63) is 241 Å². The molecule has 5 heteroatoms. The highest BCUT2D eigenvalue weighted by atomic mass is 16.3. The first-order chi connectivity index (χ1) is 31.6. The van der Waals surface area contributed by atoms with Crippen LogP contribution in [0.4, 0.5) is 22.7 Å². The molecule has 0 saturated heterocycles. The maximum atomic E-state index is 6.64. The van der Waals surface area contributed by atoms with Crippen LogP contribution in [0.5, 0.6) is 0 Å². The minimum absolute atomic E-state index is 0.196. The van der Waals surface area contributed by atoms with Gasteiger partial charge >= 0.3 is 0 Å². The molecule has 11 aromatic rings. The molecule has 12 rings (SSSR count). The van der Waals surface area contributed by atoms with Crippen molar-refractivity contribution in [1.82, 2.24) is 4.90 Å². The molecular weight excluding hydrogens is 783 g/mol. The van der Waals surface area contributed by atoms with Gasteiger partial charge in [-0.25, -0.2) is 4.99 Å². The molecule has 1 aliphatic heterocycles. The number of fused-ring (bicyclic) bond motifs is 6. The standard InChI is InChI=1S/C59H41N3O2/c1-61-57(45-23-21-42(22-24-45)39-13-5-2-6-14-39)58-56(50-19-11-12-20-53(50)64-58)60-59(61)46-29-35-54-51(37-46)52-38-49(34-36-55(52)63-54)62(47-30-25-43(26-31-47)40-15-7-3-8-16-40)48-32-27-44(28-33-48)41-17-9-4-10-18-41/h2-38,57H,1H3. The Bertz CT molecular complexity index is 3400. The van der Waals surface area contributed by atoms with Crippen molar-refractivity contribution in [2.45, 2.75) is 6.04 Å². The highest BCUT2D eigenvalue weighted by Crippen LogP contribution is 2.46. The number of amidine groups is 1. The predicted octanol–water partition coefficient (Wildman–Crippen LogP) is 15.9. The van der Waals surface area contributed by atoms with Crippen LogP contribution in [0.2, 0.25) is 0 Å². The number of anilines is 3. The molecule has 0 saturated carbocycles. The van der Waals surface area contributed by atoms with Crippen LogP contribution in [0.1, 0.15) is 22.9 Å². The van der Waals surface area contributed by atoms with Gasteiger partial charge in [-0.3, -0.25) is 0 Å². The molecule has 9 aromatic carbocycles. The number of nitrogens with zero attached hydrogens (tertiary/aromatic N) is 3. The highest BCUT2D eigenvalue weighted by Gasteiger charge is 2.34. The van der Waals surface area contributed by atoms with E-state index in [1.807, 2.05) is 18.2 Å². The van der Waals surface area contributed by atoms with Gasteiger partial charge in [0.05, 0.1) is 0 Å². The predicted molar refractivity (Wildman–Crippen MR) is 263 cm³/mol. The molecule has 0 amide bonds. The van der Waals surface area contributed by atoms with Gasteiger partial charge in [0.1, 0.15) is 34.3 Å². The summed E-state index contributed by atoms with van der Waals surface area (Å²) in [6.07, 6.45) is 0. The summed E-state index contributed by atoms with van der Waals surface area (Å²) >= 11 is 0. The number of furan rings is 2. The van der Waals surface area contributed by atoms with Crippen molar-refractivity contribution in [1.29, 1.82) is 0 Å². The largest absolute Gasteiger partial charge is 0.456 e. The molecule has 1 unspecified atom stereocenters. The van der Waals surface area contributed by atoms with Crippen LogP contribution in [-0.2, 0) is 0 Å². The second kappa shape index (κ2) is 15.5. The molecule has 5 nitrogen and oxygen atoms in total. The quantitative estimate of drug-likeness (QED) is 0.153. The van der Waals surface area contributed by atoms with E-state index in [4.69, 9.17) is 13.8 Å². The molecule has 2 aromatic heterocycles. The van der Waals surface area contributed by atoms with Crippen molar-refractivity contribution in [2.75, 3.05) is 11.9 Å². The molecule has 0 radical (unpaired) electrons. The molecule has 0 spiro atoms. The van der Waals surface area contributed by atoms with Crippen LogP contribution >= 0.6 is 0 Å². The lowest BCUT2D eigenvalue weighted by atomic mass is 9.95. The smallest absolute Gasteiger partial charge is 0.158 e. The zero-order chi connectivity index (χ0) is 42.6. The van der Waals surface area contributed by atoms with Gasteiger partial charge in [0.2, 0.25) is 0 Å². The zero-order valence-corrected chi connectivity index (χ0v) is 35.1. The summed E-state index contributed by atoms with van der Waals surface area (Å²) in [5.74, 6) is 1.70. The lowest BCUT2D eigenvalue weighted by molar-refractivity contribution is 0.360. The van der Waals surface area contributed by atoms with Gasteiger partial charge in [-0.05, 0) is 112 Å². The van der Waals surface area contributed by atoms with E-state index in [-0.39, 0.29) is 6.04 Å². The van der Waals surface area contributed by atoms with Gasteiger partial charge in [-0.1, -0.05) is 152 Å². The maximum absolute atomic E-state index is 6.64. The third-order valence-electron chi connectivity index (χ3n) is 12.6. The van der Waals surface area contributed by atoms with Crippen LogP contribution < -0.4 is 4.90 Å². The van der Waals surface area contributed by atoms with E-state index in [1.165, 1.54) is 33.4 Å². The second-order valence-electron chi connectivity index (χ2n) is 16.4. The van der Waals surface area contributed by atoms with Crippen molar-refractivity contribution in [2.24, 2.45) is 4.99 Å². The average molecular weight is 824 g/mol. The normalized spacial score (nSPS) is 13.6. The Balaban J connectivity index is 0.963. The van der Waals surface area contributed by atoms with Crippen LogP contribution in [0.25, 0.3) is 66.3 Å². The molecule has 64 heavy (non-hydrogen) atoms. The average Bonchev–Trinajstić information content (AvgIpc) is 3.92. The van der Waals surface area contributed by atoms with Crippen LogP contribution in [0.15, 0.2) is 238 Å². The van der Waals surface area contributed by atoms with Gasteiger partial charge in [-0.15, -0.1) is 0 Å². The lowest BCUT2D eigenvalue weighted by Gasteiger charge is -2.33. The topological polar surface area (TPSA) is 45.1 Å². The number of para-hydroxylation sites is 1. The Morgan fingerprint density at radius 3 is 1.41 bits per heavy atom. The van der Waals surface area contributed by atoms with Crippen LogP contribution in [0.3, 0.4) is 0 Å². The van der Waals surface area contributed by atoms with Gasteiger partial charge in [0.25, 0.3) is 0 Å². The summed E-state index contributed by atoms with van der Waals surface area (Å²) in [5.41, 5.74) is 15.7. The Labute approximate surface area is 371 Å². The molecule has 3 heterocycles. The third-order valence-corrected chi connectivity index (χ3v) is 12.6. The lowest BCUT2D eigenvalue weighted by Crippen LogP contribution is -2.34. The summed E-state index contributed by atoms with van der Waals surface area (Å²) in [4.78, 5) is 9.96. The summed E-state index contributed by atoms with van der Waals surface area (Å²) in [7, 11) is 2.12.